The average Bonchev–Trinajstić information content (AvgIpc) is 3.31. The zero-order valence-corrected chi connectivity index (χ0v) is 22.7. The van der Waals surface area contributed by atoms with E-state index in [0.717, 1.165) is 25.0 Å². The van der Waals surface area contributed by atoms with Gasteiger partial charge < -0.3 is 29.4 Å². The minimum absolute atomic E-state index is 0. The third-order valence-electron chi connectivity index (χ3n) is 5.84. The summed E-state index contributed by atoms with van der Waals surface area (Å²) in [4.78, 5) is 0. The molecule has 0 amide bonds. The second kappa shape index (κ2) is 21.0. The van der Waals surface area contributed by atoms with Gasteiger partial charge in [0, 0.05) is 19.4 Å². The van der Waals surface area contributed by atoms with Gasteiger partial charge in [-0.15, -0.1) is 0 Å². The van der Waals surface area contributed by atoms with Crippen LogP contribution in [0.1, 0.15) is 79.1 Å². The molecule has 4 nitrogen and oxygen atoms in total. The molecule has 1 N–H and O–H groups in total. The maximum atomic E-state index is 8.75. The summed E-state index contributed by atoms with van der Waals surface area (Å²) >= 11 is 0. The normalized spacial score (nSPS) is 17.4. The molecule has 2 fully saturated rings. The van der Waals surface area contributed by atoms with E-state index in [1.807, 2.05) is 6.19 Å². The van der Waals surface area contributed by atoms with E-state index in [1.54, 1.807) is 7.11 Å². The van der Waals surface area contributed by atoms with Crippen LogP contribution >= 0.6 is 8.15 Å². The molecule has 1 unspecified atom stereocenters. The molecule has 0 bridgehead atoms. The van der Waals surface area contributed by atoms with Gasteiger partial charge in [0.1, 0.15) is 0 Å². The Bertz CT molecular complexity index is 399. The van der Waals surface area contributed by atoms with E-state index in [9.17, 15) is 0 Å². The Labute approximate surface area is 200 Å². The van der Waals surface area contributed by atoms with Crippen LogP contribution in [0.25, 0.3) is 0 Å². The average molecular weight is 484 g/mol. The van der Waals surface area contributed by atoms with Crippen molar-refractivity contribution in [2.45, 2.75) is 84.7 Å². The Morgan fingerprint density at radius 1 is 0.900 bits per heavy atom. The summed E-state index contributed by atoms with van der Waals surface area (Å²) in [5.41, 5.74) is 0.567. The molecular formula is C24H49FeN2O2P. The predicted molar refractivity (Wildman–Crippen MR) is 129 cm³/mol. The minimum Gasteiger partial charge on any atom is -0.384 e. The fourth-order valence-electron chi connectivity index (χ4n) is 4.58. The third kappa shape index (κ3) is 14.3. The molecule has 2 saturated carbocycles. The van der Waals surface area contributed by atoms with E-state index >= 15 is 0 Å². The van der Waals surface area contributed by atoms with Crippen LogP contribution in [-0.2, 0) is 26.3 Å². The van der Waals surface area contributed by atoms with Gasteiger partial charge in [-0.05, 0) is 49.4 Å². The molecule has 0 aromatic rings. The molecular weight excluding hydrogens is 435 g/mol. The van der Waals surface area contributed by atoms with E-state index in [4.69, 9.17) is 14.5 Å². The Balaban J connectivity index is -0.000000565. The van der Waals surface area contributed by atoms with Gasteiger partial charge >= 0.3 is 17.1 Å². The Morgan fingerprint density at radius 2 is 1.33 bits per heavy atom. The number of hydrogen-bond donors (Lipinski definition) is 1. The summed E-state index contributed by atoms with van der Waals surface area (Å²) in [5.74, 6) is 2.86. The van der Waals surface area contributed by atoms with Gasteiger partial charge in [-0.25, -0.2) is 0 Å². The maximum Gasteiger partial charge on any atom is 2.00 e. The second-order valence-corrected chi connectivity index (χ2v) is 10.9. The Kier molecular flexibility index (Phi) is 24.4. The quantitative estimate of drug-likeness (QED) is 0.119. The van der Waals surface area contributed by atoms with Crippen molar-refractivity contribution in [3.8, 4) is 6.19 Å². The molecule has 6 heteroatoms. The monoisotopic (exact) mass is 484 g/mol. The van der Waals surface area contributed by atoms with Gasteiger partial charge in [-0.2, -0.15) is 5.26 Å². The number of rotatable bonds is 10. The van der Waals surface area contributed by atoms with Crippen LogP contribution in [0.5, 0.6) is 0 Å². The molecule has 2 aliphatic carbocycles. The first kappa shape index (κ1) is 34.8. The molecule has 0 saturated heterocycles. The van der Waals surface area contributed by atoms with Gasteiger partial charge in [-0.3, -0.25) is 0 Å². The van der Waals surface area contributed by atoms with Crippen LogP contribution in [0.3, 0.4) is 0 Å². The molecule has 0 heterocycles. The minimum atomic E-state index is -0.559. The van der Waals surface area contributed by atoms with Gasteiger partial charge in [-0.1, -0.05) is 53.4 Å². The van der Waals surface area contributed by atoms with Gasteiger partial charge in [0.05, 0.1) is 21.0 Å². The second-order valence-electron chi connectivity index (χ2n) is 8.89. The van der Waals surface area contributed by atoms with Crippen molar-refractivity contribution < 1.29 is 26.3 Å². The van der Waals surface area contributed by atoms with Crippen molar-refractivity contribution in [2.24, 2.45) is 23.7 Å². The summed E-state index contributed by atoms with van der Waals surface area (Å²) in [6, 6.07) is 0. The predicted octanol–water partition coefficient (Wildman–Crippen LogP) is 7.02. The first-order valence-electron chi connectivity index (χ1n) is 11.0. The summed E-state index contributed by atoms with van der Waals surface area (Å²) in [5, 5.41) is 11.6. The molecule has 2 rings (SSSR count). The smallest absolute Gasteiger partial charge is 0.384 e. The number of nitrogens with one attached hydrogen (secondary N) is 1. The van der Waals surface area contributed by atoms with Crippen LogP contribution in [0.4, 0.5) is 0 Å². The molecule has 0 radical (unpaired) electrons. The molecule has 2 aliphatic rings. The van der Waals surface area contributed by atoms with E-state index in [0.29, 0.717) is 23.8 Å². The molecule has 1 atom stereocenters. The van der Waals surface area contributed by atoms with E-state index in [1.165, 1.54) is 51.4 Å². The van der Waals surface area contributed by atoms with Crippen LogP contribution in [0, 0.1) is 50.0 Å². The number of methoxy groups -OCH3 is 1. The summed E-state index contributed by atoms with van der Waals surface area (Å²) in [6.07, 6.45) is 13.8. The fraction of sp³-hybridized carbons (Fsp3) is 0.875. The third-order valence-corrected chi connectivity index (χ3v) is 8.65. The zero-order chi connectivity index (χ0) is 20.1. The van der Waals surface area contributed by atoms with Crippen LogP contribution < -0.4 is 5.32 Å². The SMILES string of the molecule is CC(C)C(C(C)C)P(CNC#N)OCC1CCCC1.COCC1CCCC1.[CH3-].[CH3-].[Fe+2]. The number of ether oxygens (including phenoxy) is 1. The Hall–Kier alpha value is 0.159. The van der Waals surface area contributed by atoms with E-state index in [2.05, 4.69) is 33.0 Å². The summed E-state index contributed by atoms with van der Waals surface area (Å²) in [6.45, 7) is 11.0. The number of hydrogen-bond acceptors (Lipinski definition) is 4. The van der Waals surface area contributed by atoms with Crippen molar-refractivity contribution in [2.75, 3.05) is 26.6 Å². The van der Waals surface area contributed by atoms with Crippen molar-refractivity contribution in [3.05, 3.63) is 14.9 Å². The summed E-state index contributed by atoms with van der Waals surface area (Å²) < 4.78 is 11.3. The molecule has 0 aliphatic heterocycles. The summed E-state index contributed by atoms with van der Waals surface area (Å²) in [7, 11) is 1.23. The topological polar surface area (TPSA) is 54.3 Å². The van der Waals surface area contributed by atoms with Crippen LogP contribution in [0.15, 0.2) is 0 Å². The zero-order valence-electron chi connectivity index (χ0n) is 20.7. The number of nitriles is 1. The molecule has 180 valence electrons. The van der Waals surface area contributed by atoms with Crippen molar-refractivity contribution in [1.29, 1.82) is 5.26 Å². The molecule has 0 aromatic carbocycles. The van der Waals surface area contributed by atoms with Crippen LogP contribution in [0.2, 0.25) is 0 Å². The largest absolute Gasteiger partial charge is 2.00 e. The van der Waals surface area contributed by atoms with Crippen molar-refractivity contribution in [3.63, 3.8) is 0 Å². The first-order valence-corrected chi connectivity index (χ1v) is 12.5. The van der Waals surface area contributed by atoms with E-state index in [-0.39, 0.29) is 31.9 Å². The maximum absolute atomic E-state index is 8.75. The van der Waals surface area contributed by atoms with E-state index < -0.39 is 8.15 Å². The standard InChI is InChI=1S/C15H29N2OP.C7H14O.2CH3.Fe/c1-12(2)15(13(3)4)19(11-17-10-16)18-9-14-7-5-6-8-14;1-8-6-7-4-2-3-5-7;;;/h12-15,17H,5-9,11H2,1-4H3;7H,2-6H2,1H3;2*1H3;/q;;2*-1;+2. The molecule has 0 aromatic heterocycles. The van der Waals surface area contributed by atoms with Crippen molar-refractivity contribution >= 4 is 8.15 Å². The first-order chi connectivity index (χ1) is 13.0. The Morgan fingerprint density at radius 3 is 1.70 bits per heavy atom. The van der Waals surface area contributed by atoms with Gasteiger partial charge in [0.2, 0.25) is 0 Å². The van der Waals surface area contributed by atoms with Gasteiger partial charge in [0.15, 0.2) is 6.19 Å². The number of nitrogens with zero attached hydrogens (tertiary/aromatic N) is 1. The van der Waals surface area contributed by atoms with Gasteiger partial charge in [0.25, 0.3) is 0 Å². The molecule has 0 spiro atoms. The van der Waals surface area contributed by atoms with Crippen molar-refractivity contribution in [1.82, 2.24) is 5.32 Å². The van der Waals surface area contributed by atoms with Crippen LogP contribution in [-0.4, -0.2) is 32.3 Å². The fourth-order valence-corrected chi connectivity index (χ4v) is 7.01. The molecule has 30 heavy (non-hydrogen) atoms.